The summed E-state index contributed by atoms with van der Waals surface area (Å²) in [5.41, 5.74) is 0.533. The fourth-order valence-corrected chi connectivity index (χ4v) is 3.67. The molecule has 10 nitrogen and oxygen atoms in total. The lowest BCUT2D eigenvalue weighted by Crippen LogP contribution is -2.21. The predicted octanol–water partition coefficient (Wildman–Crippen LogP) is 2.66. The number of nitrogens with zero attached hydrogens (tertiary/aromatic N) is 3. The van der Waals surface area contributed by atoms with Crippen LogP contribution in [0.25, 0.3) is 0 Å². The number of carbonyl (C=O) groups is 2. The Morgan fingerprint density at radius 3 is 2.50 bits per heavy atom. The van der Waals surface area contributed by atoms with Crippen LogP contribution in [0.5, 0.6) is 0 Å². The van der Waals surface area contributed by atoms with Crippen LogP contribution in [0.3, 0.4) is 0 Å². The number of hydrogen-bond acceptors (Lipinski definition) is 8. The van der Waals surface area contributed by atoms with Crippen LogP contribution in [-0.2, 0) is 4.74 Å². The number of thiocarbonyl (C=S) groups is 1. The van der Waals surface area contributed by atoms with Crippen molar-refractivity contribution in [1.29, 1.82) is 0 Å². The summed E-state index contributed by atoms with van der Waals surface area (Å²) in [6.45, 7) is 1.65. The van der Waals surface area contributed by atoms with Crippen molar-refractivity contribution in [2.45, 2.75) is 6.92 Å². The Balaban J connectivity index is 2.27. The molecule has 0 fully saturated rings. The third-order valence-corrected chi connectivity index (χ3v) is 4.96. The number of nitrogens with one attached hydrogen (secondary N) is 2. The van der Waals surface area contributed by atoms with E-state index in [0.717, 1.165) is 17.5 Å². The molecule has 148 valence electrons. The molecule has 0 aliphatic carbocycles. The van der Waals surface area contributed by atoms with Crippen molar-refractivity contribution < 1.29 is 19.2 Å². The minimum absolute atomic E-state index is 0.0941. The monoisotopic (exact) mass is 423 g/mol. The minimum atomic E-state index is -0.606. The first-order valence-electron chi connectivity index (χ1n) is 7.77. The molecule has 2 N–H and O–H groups in total. The maximum absolute atomic E-state index is 12.3. The van der Waals surface area contributed by atoms with E-state index in [9.17, 15) is 19.7 Å². The number of ether oxygens (including phenoxy) is 1. The molecule has 0 radical (unpaired) electrons. The Hall–Kier alpha value is -3.12. The molecule has 0 atom stereocenters. The summed E-state index contributed by atoms with van der Waals surface area (Å²) in [6.07, 6.45) is 1.09. The molecular weight excluding hydrogens is 406 g/mol. The maximum Gasteiger partial charge on any atom is 0.341 e. The van der Waals surface area contributed by atoms with Crippen LogP contribution in [0.1, 0.15) is 25.6 Å². The van der Waals surface area contributed by atoms with E-state index in [0.29, 0.717) is 15.4 Å². The number of hydrogen-bond donors (Lipinski definition) is 2. The molecule has 1 amide bonds. The zero-order chi connectivity index (χ0) is 21.0. The first-order chi connectivity index (χ1) is 13.1. The van der Waals surface area contributed by atoms with Crippen LogP contribution in [0.15, 0.2) is 18.3 Å². The fraction of sp³-hybridized carbons (Fsp3) is 0.250. The first kappa shape index (κ1) is 21.2. The summed E-state index contributed by atoms with van der Waals surface area (Å²) < 4.78 is 4.81. The molecule has 2 aromatic heterocycles. The molecule has 0 aliphatic rings. The zero-order valence-electron chi connectivity index (χ0n) is 15.4. The Morgan fingerprint density at radius 2 is 2.00 bits per heavy atom. The van der Waals surface area contributed by atoms with Crippen LogP contribution >= 0.6 is 23.6 Å². The molecule has 0 aliphatic heterocycles. The first-order valence-corrected chi connectivity index (χ1v) is 9.00. The molecule has 2 aromatic rings. The molecule has 0 bridgehead atoms. The van der Waals surface area contributed by atoms with Crippen molar-refractivity contribution in [1.82, 2.24) is 9.88 Å². The summed E-state index contributed by atoms with van der Waals surface area (Å²) in [5.74, 6) is -0.581. The van der Waals surface area contributed by atoms with E-state index in [-0.39, 0.29) is 28.1 Å². The number of methoxy groups -OCH3 is 1. The van der Waals surface area contributed by atoms with Crippen molar-refractivity contribution in [3.05, 3.63) is 44.4 Å². The fourth-order valence-electron chi connectivity index (χ4n) is 2.18. The molecule has 2 rings (SSSR count). The van der Waals surface area contributed by atoms with Gasteiger partial charge in [-0.3, -0.25) is 14.9 Å². The van der Waals surface area contributed by atoms with Crippen LogP contribution in [0, 0.1) is 17.0 Å². The predicted molar refractivity (Wildman–Crippen MR) is 109 cm³/mol. The summed E-state index contributed by atoms with van der Waals surface area (Å²) in [7, 11) is 4.46. The van der Waals surface area contributed by atoms with Gasteiger partial charge in [0.2, 0.25) is 0 Å². The second kappa shape index (κ2) is 8.71. The average Bonchev–Trinajstić information content (AvgIpc) is 2.96. The number of anilines is 2. The average molecular weight is 423 g/mol. The number of esters is 1. The molecule has 0 aromatic carbocycles. The highest BCUT2D eigenvalue weighted by molar-refractivity contribution is 7.80. The number of amides is 1. The van der Waals surface area contributed by atoms with Gasteiger partial charge in [0.15, 0.2) is 5.11 Å². The Labute approximate surface area is 169 Å². The molecule has 0 saturated heterocycles. The highest BCUT2D eigenvalue weighted by Gasteiger charge is 2.26. The molecule has 0 spiro atoms. The summed E-state index contributed by atoms with van der Waals surface area (Å²) >= 11 is 6.29. The van der Waals surface area contributed by atoms with E-state index in [1.54, 1.807) is 21.0 Å². The van der Waals surface area contributed by atoms with Gasteiger partial charge in [-0.05, 0) is 30.8 Å². The molecule has 12 heteroatoms. The van der Waals surface area contributed by atoms with Crippen molar-refractivity contribution in [2.75, 3.05) is 31.8 Å². The van der Waals surface area contributed by atoms with Gasteiger partial charge in [-0.1, -0.05) is 0 Å². The van der Waals surface area contributed by atoms with Crippen molar-refractivity contribution in [2.24, 2.45) is 0 Å². The second-order valence-corrected chi connectivity index (χ2v) is 7.12. The summed E-state index contributed by atoms with van der Waals surface area (Å²) in [6, 6.07) is 2.68. The standard InChI is InChI=1S/C16H17N5O5S2/c1-8-11(15(23)26-4)13(28-12(8)14(22)20(2)3)19-16(27)18-10-6-5-9(7-17-10)21(24)25/h5-7H,1-4H3,(H2,17,18,19,27). The lowest BCUT2D eigenvalue weighted by atomic mass is 10.1. The van der Waals surface area contributed by atoms with E-state index in [1.807, 2.05) is 0 Å². The number of thiophene rings is 1. The number of pyridine rings is 1. The Morgan fingerprint density at radius 1 is 1.32 bits per heavy atom. The van der Waals surface area contributed by atoms with E-state index >= 15 is 0 Å². The van der Waals surface area contributed by atoms with Gasteiger partial charge in [0.05, 0.1) is 22.5 Å². The number of nitro groups is 1. The van der Waals surface area contributed by atoms with Gasteiger partial charge in [-0.15, -0.1) is 11.3 Å². The van der Waals surface area contributed by atoms with Gasteiger partial charge in [-0.2, -0.15) is 0 Å². The van der Waals surface area contributed by atoms with E-state index in [1.165, 1.54) is 24.1 Å². The number of rotatable bonds is 5. The van der Waals surface area contributed by atoms with Crippen LogP contribution in [0.4, 0.5) is 16.5 Å². The topological polar surface area (TPSA) is 127 Å². The van der Waals surface area contributed by atoms with Crippen molar-refractivity contribution in [3.8, 4) is 0 Å². The lowest BCUT2D eigenvalue weighted by molar-refractivity contribution is -0.385. The third-order valence-electron chi connectivity index (χ3n) is 3.56. The Kier molecular flexibility index (Phi) is 6.59. The number of aromatic nitrogens is 1. The molecular formula is C16H17N5O5S2. The maximum atomic E-state index is 12.3. The highest BCUT2D eigenvalue weighted by Crippen LogP contribution is 2.34. The summed E-state index contributed by atoms with van der Waals surface area (Å²) in [5, 5.41) is 16.7. The Bertz CT molecular complexity index is 940. The van der Waals surface area contributed by atoms with Crippen LogP contribution in [-0.4, -0.2) is 53.0 Å². The molecule has 0 unspecified atom stereocenters. The van der Waals surface area contributed by atoms with E-state index in [2.05, 4.69) is 15.6 Å². The largest absolute Gasteiger partial charge is 0.465 e. The van der Waals surface area contributed by atoms with Gasteiger partial charge in [0.1, 0.15) is 17.0 Å². The van der Waals surface area contributed by atoms with Gasteiger partial charge >= 0.3 is 5.97 Å². The number of carbonyl (C=O) groups excluding carboxylic acids is 2. The van der Waals surface area contributed by atoms with Crippen LogP contribution in [0.2, 0.25) is 0 Å². The quantitative estimate of drug-likeness (QED) is 0.323. The van der Waals surface area contributed by atoms with Gasteiger partial charge in [0, 0.05) is 20.2 Å². The normalized spacial score (nSPS) is 10.1. The minimum Gasteiger partial charge on any atom is -0.465 e. The van der Waals surface area contributed by atoms with Gasteiger partial charge in [0.25, 0.3) is 11.6 Å². The second-order valence-electron chi connectivity index (χ2n) is 5.69. The SMILES string of the molecule is COC(=O)c1c(NC(=S)Nc2ccc([N+](=O)[O-])cn2)sc(C(=O)N(C)C)c1C. The molecule has 2 heterocycles. The van der Waals surface area contributed by atoms with Gasteiger partial charge < -0.3 is 20.3 Å². The van der Waals surface area contributed by atoms with Gasteiger partial charge in [-0.25, -0.2) is 9.78 Å². The summed E-state index contributed by atoms with van der Waals surface area (Å²) in [4.78, 5) is 40.3. The van der Waals surface area contributed by atoms with Crippen molar-refractivity contribution in [3.63, 3.8) is 0 Å². The van der Waals surface area contributed by atoms with E-state index in [4.69, 9.17) is 17.0 Å². The molecule has 0 saturated carbocycles. The lowest BCUT2D eigenvalue weighted by Gasteiger charge is -2.09. The third kappa shape index (κ3) is 4.58. The van der Waals surface area contributed by atoms with E-state index < -0.39 is 10.9 Å². The van der Waals surface area contributed by atoms with Crippen molar-refractivity contribution >= 4 is 57.0 Å². The molecule has 28 heavy (non-hydrogen) atoms. The zero-order valence-corrected chi connectivity index (χ0v) is 17.1. The highest BCUT2D eigenvalue weighted by atomic mass is 32.1. The van der Waals surface area contributed by atoms with Crippen LogP contribution < -0.4 is 10.6 Å². The smallest absolute Gasteiger partial charge is 0.341 e.